The first-order chi connectivity index (χ1) is 10.4. The Bertz CT molecular complexity index is 882. The van der Waals surface area contributed by atoms with E-state index in [1.807, 2.05) is 41.5 Å². The van der Waals surface area contributed by atoms with Crippen LogP contribution in [0.3, 0.4) is 0 Å². The fourth-order valence-electron chi connectivity index (χ4n) is 2.43. The average Bonchev–Trinajstić information content (AvgIpc) is 2.99. The average molecular weight is 272 g/mol. The molecule has 0 spiro atoms. The van der Waals surface area contributed by atoms with Crippen LogP contribution in [0.25, 0.3) is 27.7 Å². The normalized spacial score (nSPS) is 10.9. The molecule has 0 bridgehead atoms. The number of nitrogens with zero attached hydrogens (tertiary/aromatic N) is 4. The maximum Gasteiger partial charge on any atom is 0.0836 e. The first kappa shape index (κ1) is 11.8. The van der Waals surface area contributed by atoms with Crippen molar-refractivity contribution in [1.29, 1.82) is 0 Å². The number of hydrogen-bond acceptors (Lipinski definition) is 3. The molecule has 3 aromatic heterocycles. The summed E-state index contributed by atoms with van der Waals surface area (Å²) in [5, 5.41) is 5.56. The van der Waals surface area contributed by atoms with Gasteiger partial charge in [-0.1, -0.05) is 12.1 Å². The number of hydrogen-bond donors (Lipinski definition) is 0. The molecule has 4 rings (SSSR count). The molecular formula is C17H12N4. The second-order valence-electron chi connectivity index (χ2n) is 4.78. The number of aromatic nitrogens is 4. The second-order valence-corrected chi connectivity index (χ2v) is 4.78. The van der Waals surface area contributed by atoms with Gasteiger partial charge in [-0.3, -0.25) is 9.97 Å². The molecule has 0 amide bonds. The fourth-order valence-corrected chi connectivity index (χ4v) is 2.43. The van der Waals surface area contributed by atoms with E-state index < -0.39 is 0 Å². The molecule has 0 unspecified atom stereocenters. The van der Waals surface area contributed by atoms with Crippen molar-refractivity contribution in [3.8, 4) is 16.8 Å². The van der Waals surface area contributed by atoms with Gasteiger partial charge in [0.2, 0.25) is 0 Å². The van der Waals surface area contributed by atoms with E-state index in [4.69, 9.17) is 0 Å². The molecule has 0 atom stereocenters. The third-order valence-electron chi connectivity index (χ3n) is 3.45. The van der Waals surface area contributed by atoms with E-state index in [1.54, 1.807) is 12.4 Å². The van der Waals surface area contributed by atoms with Crippen molar-refractivity contribution in [2.45, 2.75) is 0 Å². The van der Waals surface area contributed by atoms with Gasteiger partial charge in [0.05, 0.1) is 23.6 Å². The molecule has 0 aliphatic carbocycles. The summed E-state index contributed by atoms with van der Waals surface area (Å²) in [5.74, 6) is 0. The zero-order valence-electron chi connectivity index (χ0n) is 11.2. The van der Waals surface area contributed by atoms with Crippen molar-refractivity contribution in [3.63, 3.8) is 0 Å². The largest absolute Gasteiger partial charge is 0.264 e. The molecule has 4 aromatic rings. The Kier molecular flexibility index (Phi) is 2.71. The number of fused-ring (bicyclic) bond motifs is 1. The Balaban J connectivity index is 1.85. The molecule has 0 aliphatic heterocycles. The molecule has 0 fully saturated rings. The van der Waals surface area contributed by atoms with Gasteiger partial charge in [-0.05, 0) is 35.9 Å². The van der Waals surface area contributed by atoms with Gasteiger partial charge in [0, 0.05) is 29.5 Å². The van der Waals surface area contributed by atoms with Gasteiger partial charge in [0.25, 0.3) is 0 Å². The maximum absolute atomic E-state index is 4.46. The summed E-state index contributed by atoms with van der Waals surface area (Å²) in [6, 6.07) is 14.2. The van der Waals surface area contributed by atoms with Crippen LogP contribution in [0.15, 0.2) is 73.4 Å². The Labute approximate surface area is 121 Å². The predicted octanol–water partition coefficient (Wildman–Crippen LogP) is 3.48. The van der Waals surface area contributed by atoms with Crippen molar-refractivity contribution < 1.29 is 0 Å². The summed E-state index contributed by atoms with van der Waals surface area (Å²) < 4.78 is 1.90. The predicted molar refractivity (Wildman–Crippen MR) is 82.1 cm³/mol. The van der Waals surface area contributed by atoms with Gasteiger partial charge in [-0.25, -0.2) is 4.68 Å². The number of rotatable bonds is 2. The fraction of sp³-hybridized carbons (Fsp3) is 0. The SMILES string of the molecule is c1cncc(-c2ccc3c(cnn3-c3cccnc3)c2)c1. The van der Waals surface area contributed by atoms with Crippen LogP contribution in [0.4, 0.5) is 0 Å². The highest BCUT2D eigenvalue weighted by molar-refractivity contribution is 5.85. The molecule has 4 heteroatoms. The lowest BCUT2D eigenvalue weighted by Crippen LogP contribution is -1.95. The Hall–Kier alpha value is -3.01. The summed E-state index contributed by atoms with van der Waals surface area (Å²) in [7, 11) is 0. The van der Waals surface area contributed by atoms with Crippen LogP contribution < -0.4 is 0 Å². The highest BCUT2D eigenvalue weighted by Gasteiger charge is 2.06. The molecular weight excluding hydrogens is 260 g/mol. The van der Waals surface area contributed by atoms with Crippen LogP contribution in [0.1, 0.15) is 0 Å². The quantitative estimate of drug-likeness (QED) is 0.561. The van der Waals surface area contributed by atoms with Gasteiger partial charge in [-0.15, -0.1) is 0 Å². The molecule has 1 aromatic carbocycles. The molecule has 0 N–H and O–H groups in total. The minimum absolute atomic E-state index is 0.960. The lowest BCUT2D eigenvalue weighted by Gasteiger charge is -2.04. The van der Waals surface area contributed by atoms with Gasteiger partial charge in [0.1, 0.15) is 0 Å². The van der Waals surface area contributed by atoms with Crippen molar-refractivity contribution in [3.05, 3.63) is 73.4 Å². The van der Waals surface area contributed by atoms with E-state index >= 15 is 0 Å². The first-order valence-corrected chi connectivity index (χ1v) is 6.70. The summed E-state index contributed by atoms with van der Waals surface area (Å²) in [4.78, 5) is 8.31. The molecule has 3 heterocycles. The molecule has 100 valence electrons. The maximum atomic E-state index is 4.46. The van der Waals surface area contributed by atoms with Crippen molar-refractivity contribution >= 4 is 10.9 Å². The van der Waals surface area contributed by atoms with E-state index in [9.17, 15) is 0 Å². The van der Waals surface area contributed by atoms with Gasteiger partial charge >= 0.3 is 0 Å². The summed E-state index contributed by atoms with van der Waals surface area (Å²) in [6.45, 7) is 0. The lowest BCUT2D eigenvalue weighted by molar-refractivity contribution is 0.903. The highest BCUT2D eigenvalue weighted by Crippen LogP contribution is 2.25. The molecule has 0 aliphatic rings. The van der Waals surface area contributed by atoms with Crippen molar-refractivity contribution in [1.82, 2.24) is 19.7 Å². The third-order valence-corrected chi connectivity index (χ3v) is 3.45. The van der Waals surface area contributed by atoms with Crippen LogP contribution >= 0.6 is 0 Å². The van der Waals surface area contributed by atoms with E-state index in [1.165, 1.54) is 0 Å². The number of benzene rings is 1. The van der Waals surface area contributed by atoms with Crippen LogP contribution in [-0.4, -0.2) is 19.7 Å². The standard InChI is InChI=1S/C17H12N4/c1-3-14(10-18-7-1)13-5-6-17-15(9-13)11-20-21(17)16-4-2-8-19-12-16/h1-12H. The zero-order valence-corrected chi connectivity index (χ0v) is 11.2. The van der Waals surface area contributed by atoms with Gasteiger partial charge in [-0.2, -0.15) is 5.10 Å². The van der Waals surface area contributed by atoms with Crippen LogP contribution in [0.2, 0.25) is 0 Å². The molecule has 4 nitrogen and oxygen atoms in total. The zero-order chi connectivity index (χ0) is 14.1. The minimum atomic E-state index is 0.960. The van der Waals surface area contributed by atoms with Crippen molar-refractivity contribution in [2.24, 2.45) is 0 Å². The van der Waals surface area contributed by atoms with E-state index in [0.717, 1.165) is 27.7 Å². The molecule has 0 radical (unpaired) electrons. The van der Waals surface area contributed by atoms with Crippen LogP contribution in [0.5, 0.6) is 0 Å². The minimum Gasteiger partial charge on any atom is -0.264 e. The van der Waals surface area contributed by atoms with Gasteiger partial charge in [0.15, 0.2) is 0 Å². The topological polar surface area (TPSA) is 43.6 Å². The summed E-state index contributed by atoms with van der Waals surface area (Å²) >= 11 is 0. The van der Waals surface area contributed by atoms with E-state index in [2.05, 4.69) is 39.3 Å². The monoisotopic (exact) mass is 272 g/mol. The first-order valence-electron chi connectivity index (χ1n) is 6.70. The Morgan fingerprint density at radius 3 is 2.38 bits per heavy atom. The smallest absolute Gasteiger partial charge is 0.0836 e. The second kappa shape index (κ2) is 4.83. The van der Waals surface area contributed by atoms with E-state index in [0.29, 0.717) is 0 Å². The molecule has 0 saturated heterocycles. The summed E-state index contributed by atoms with van der Waals surface area (Å²) in [5.41, 5.74) is 4.27. The lowest BCUT2D eigenvalue weighted by atomic mass is 10.1. The third kappa shape index (κ3) is 2.07. The molecule has 0 saturated carbocycles. The Morgan fingerprint density at radius 2 is 1.62 bits per heavy atom. The highest BCUT2D eigenvalue weighted by atomic mass is 15.3. The van der Waals surface area contributed by atoms with Crippen LogP contribution in [-0.2, 0) is 0 Å². The van der Waals surface area contributed by atoms with Crippen LogP contribution in [0, 0.1) is 0 Å². The summed E-state index contributed by atoms with van der Waals surface area (Å²) in [6.07, 6.45) is 9.09. The van der Waals surface area contributed by atoms with E-state index in [-0.39, 0.29) is 0 Å². The van der Waals surface area contributed by atoms with Crippen molar-refractivity contribution in [2.75, 3.05) is 0 Å². The number of pyridine rings is 2. The Morgan fingerprint density at radius 1 is 0.762 bits per heavy atom. The molecule has 21 heavy (non-hydrogen) atoms. The van der Waals surface area contributed by atoms with Gasteiger partial charge < -0.3 is 0 Å².